The molecular formula is C7H18B10NO30-29. The normalized spacial score (nSPS) is 7.62. The first-order chi connectivity index (χ1) is 21.0. The monoisotopic (exact) mass is 706 g/mol. The summed E-state index contributed by atoms with van der Waals surface area (Å²) in [6, 6.07) is 0. The maximum atomic E-state index is 8.42. The zero-order valence-corrected chi connectivity index (χ0v) is 24.6. The predicted molar refractivity (Wildman–Crippen MR) is 95.3 cm³/mol. The van der Waals surface area contributed by atoms with Gasteiger partial charge >= 0.3 is 0 Å². The topological polar surface area (TPSA) is 692 Å². The number of nitrogens with zero attached hydrogens (tertiary/aromatic N) is 1. The molecule has 0 saturated heterocycles. The van der Waals surface area contributed by atoms with Crippen LogP contribution in [0.3, 0.4) is 0 Å². The molecule has 0 radical (unpaired) electrons. The summed E-state index contributed by atoms with van der Waals surface area (Å²) in [4.78, 5) is 0. The largest absolute Gasteiger partial charge is 0.907 e. The molecule has 0 aromatic carbocycles. The molecule has 0 N–H and O–H groups in total. The van der Waals surface area contributed by atoms with Crippen LogP contribution in [0.1, 0.15) is 20.8 Å². The van der Waals surface area contributed by atoms with Crippen molar-refractivity contribution < 1.29 is 155 Å². The highest BCUT2D eigenvalue weighted by atomic mass is 16.6. The Morgan fingerprint density at radius 3 is 0.271 bits per heavy atom. The quantitative estimate of drug-likeness (QED) is 0.194. The molecule has 0 saturated carbocycles. The van der Waals surface area contributed by atoms with E-state index in [0.29, 0.717) is 0 Å². The first-order valence-electron chi connectivity index (χ1n) is 10.6. The van der Waals surface area contributed by atoms with Gasteiger partial charge in [-0.3, -0.25) is 73.2 Å². The molecule has 0 fully saturated rings. The van der Waals surface area contributed by atoms with Crippen LogP contribution in [0.15, 0.2) is 0 Å². The molecule has 0 heterocycles. The van der Waals surface area contributed by atoms with Gasteiger partial charge in [0.2, 0.25) is 0 Å². The summed E-state index contributed by atoms with van der Waals surface area (Å²) in [7, 11) is -26.9. The van der Waals surface area contributed by atoms with Crippen molar-refractivity contribution >= 4 is 73.2 Å². The van der Waals surface area contributed by atoms with Gasteiger partial charge in [-0.15, -0.1) is 0 Å². The smallest absolute Gasteiger partial charge is 0.0755 e. The summed E-state index contributed by atoms with van der Waals surface area (Å²) >= 11 is 0. The highest BCUT2D eigenvalue weighted by Gasteiger charge is 2.10. The molecular weight excluding hydrogens is 686 g/mol. The zero-order chi connectivity index (χ0) is 42.4. The van der Waals surface area contributed by atoms with E-state index in [4.69, 9.17) is 151 Å². The van der Waals surface area contributed by atoms with Crippen molar-refractivity contribution in [3.8, 4) is 0 Å². The van der Waals surface area contributed by atoms with Crippen molar-refractivity contribution in [3.63, 3.8) is 0 Å². The Balaban J connectivity index is -0.0000000352. The Kier molecular flexibility index (Phi) is 104. The minimum atomic E-state index is -2.92. The third kappa shape index (κ3) is 1270. The van der Waals surface area contributed by atoms with Crippen LogP contribution in [0.2, 0.25) is 0 Å². The second-order valence-corrected chi connectivity index (χ2v) is 5.45. The zero-order valence-electron chi connectivity index (χ0n) is 24.6. The number of rotatable bonds is 3. The fourth-order valence-electron chi connectivity index (χ4n) is 0.671. The van der Waals surface area contributed by atoms with Crippen LogP contribution in [0, 0.1) is 0 Å². The average Bonchev–Trinajstić information content (AvgIpc) is 2.75. The van der Waals surface area contributed by atoms with Crippen molar-refractivity contribution in [2.75, 3.05) is 26.7 Å². The van der Waals surface area contributed by atoms with Crippen molar-refractivity contribution in [1.29, 1.82) is 0 Å². The fraction of sp³-hybridized carbons (Fsp3) is 1.00. The van der Waals surface area contributed by atoms with E-state index in [-0.39, 0.29) is 0 Å². The van der Waals surface area contributed by atoms with Crippen LogP contribution in [0.5, 0.6) is 0 Å². The lowest BCUT2D eigenvalue weighted by molar-refractivity contribution is -0.904. The molecule has 31 nitrogen and oxygen atoms in total. The van der Waals surface area contributed by atoms with Gasteiger partial charge in [0.05, 0.1) is 26.7 Å². The number of hydrogen-bond donors (Lipinski definition) is 0. The SMILES string of the molecule is CC[N+](C)(CC)CC.[O-]B([O-])[O-].[O-]B([O-])[O-].[O-]B([O-])[O-].[O-]B([O-])[O-].[O-]B([O-])[O-].[O-]B([O-])[O-].[O-]B([O-])[O-].[O-]B([O-])[O-].[O-]B([O-])[O-].[O-]B([O-])[O-]. The van der Waals surface area contributed by atoms with Gasteiger partial charge in [0.25, 0.3) is 0 Å². The summed E-state index contributed by atoms with van der Waals surface area (Å²) in [6.45, 7) is 10.5. The second kappa shape index (κ2) is 64.9. The first kappa shape index (κ1) is 77.0. The van der Waals surface area contributed by atoms with E-state index < -0.39 is 73.2 Å². The van der Waals surface area contributed by atoms with Crippen LogP contribution < -0.4 is 151 Å². The number of hydrogen-bond acceptors (Lipinski definition) is 30. The Bertz CT molecular complexity index is 319. The first-order valence-corrected chi connectivity index (χ1v) is 10.6. The molecule has 0 unspecified atom stereocenters. The van der Waals surface area contributed by atoms with Gasteiger partial charge in [-0.25, -0.2) is 0 Å². The summed E-state index contributed by atoms with van der Waals surface area (Å²) < 4.78 is 1.21. The van der Waals surface area contributed by atoms with Gasteiger partial charge in [0.1, 0.15) is 0 Å². The van der Waals surface area contributed by atoms with Crippen LogP contribution >= 0.6 is 0 Å². The van der Waals surface area contributed by atoms with E-state index in [1.807, 2.05) is 0 Å². The molecule has 0 aliphatic carbocycles. The Hall–Kier alpha value is -0.591. The van der Waals surface area contributed by atoms with Crippen LogP contribution in [0.4, 0.5) is 0 Å². The minimum absolute atomic E-state index is 1.21. The van der Waals surface area contributed by atoms with Crippen molar-refractivity contribution in [2.45, 2.75) is 20.8 Å². The Morgan fingerprint density at radius 1 is 0.229 bits per heavy atom. The van der Waals surface area contributed by atoms with Gasteiger partial charge in [-0.05, 0) is 20.8 Å². The van der Waals surface area contributed by atoms with Gasteiger partial charge in [0, 0.05) is 0 Å². The third-order valence-corrected chi connectivity index (χ3v) is 2.29. The summed E-state index contributed by atoms with van der Waals surface area (Å²) in [5.74, 6) is 0. The lowest BCUT2D eigenvalue weighted by atomic mass is 10.3. The molecule has 41 heteroatoms. The molecule has 0 aliphatic heterocycles. The molecule has 48 heavy (non-hydrogen) atoms. The maximum Gasteiger partial charge on any atom is 0.0755 e. The standard InChI is InChI=1S/C7H18N.10BO3/c1-5-8(4,6-2)7-3;10*2-1(3)4/h5-7H2,1-4H3;;;;;;;;;;/q+1;10*-3. The summed E-state index contributed by atoms with van der Waals surface area (Å²) in [5, 5.41) is 252. The fourth-order valence-corrected chi connectivity index (χ4v) is 0.671. The summed E-state index contributed by atoms with van der Waals surface area (Å²) in [6.07, 6.45) is 0. The Labute approximate surface area is 276 Å². The molecule has 0 bridgehead atoms. The minimum Gasteiger partial charge on any atom is -0.907 e. The van der Waals surface area contributed by atoms with E-state index in [2.05, 4.69) is 27.8 Å². The molecule has 0 spiro atoms. The van der Waals surface area contributed by atoms with E-state index in [1.165, 1.54) is 24.1 Å². The lowest BCUT2D eigenvalue weighted by Gasteiger charge is -2.35. The van der Waals surface area contributed by atoms with Crippen LogP contribution in [0.25, 0.3) is 0 Å². The van der Waals surface area contributed by atoms with Crippen LogP contribution in [-0.4, -0.2) is 104 Å². The summed E-state index contributed by atoms with van der Waals surface area (Å²) in [5.41, 5.74) is 0. The van der Waals surface area contributed by atoms with Crippen molar-refractivity contribution in [2.24, 2.45) is 0 Å². The molecule has 0 rings (SSSR count). The van der Waals surface area contributed by atoms with Gasteiger partial charge < -0.3 is 155 Å². The molecule has 290 valence electrons. The van der Waals surface area contributed by atoms with E-state index in [0.717, 1.165) is 0 Å². The average molecular weight is 704 g/mol. The molecule has 0 aromatic heterocycles. The highest BCUT2D eigenvalue weighted by Crippen LogP contribution is 1.97. The molecule has 0 aliphatic rings. The molecule has 0 aromatic rings. The predicted octanol–water partition coefficient (Wildman–Crippen LogP) is -38.0. The van der Waals surface area contributed by atoms with Crippen molar-refractivity contribution in [3.05, 3.63) is 0 Å². The van der Waals surface area contributed by atoms with Crippen LogP contribution in [-0.2, 0) is 0 Å². The molecule has 0 atom stereocenters. The van der Waals surface area contributed by atoms with E-state index >= 15 is 0 Å². The Morgan fingerprint density at radius 2 is 0.271 bits per heavy atom. The second-order valence-electron chi connectivity index (χ2n) is 5.45. The third-order valence-electron chi connectivity index (χ3n) is 2.29. The van der Waals surface area contributed by atoms with Gasteiger partial charge in [0.15, 0.2) is 0 Å². The highest BCUT2D eigenvalue weighted by molar-refractivity contribution is 6.25. The van der Waals surface area contributed by atoms with Gasteiger partial charge in [-0.2, -0.15) is 0 Å². The number of quaternary nitrogens is 1. The van der Waals surface area contributed by atoms with Crippen molar-refractivity contribution in [1.82, 2.24) is 0 Å². The van der Waals surface area contributed by atoms with Gasteiger partial charge in [-0.1, -0.05) is 0 Å². The molecule has 0 amide bonds. The van der Waals surface area contributed by atoms with E-state index in [9.17, 15) is 0 Å². The maximum absolute atomic E-state index is 8.42. The van der Waals surface area contributed by atoms with E-state index in [1.54, 1.807) is 0 Å². The lowest BCUT2D eigenvalue weighted by Crippen LogP contribution is -2.56.